The molecule has 19 heavy (non-hydrogen) atoms. The molecule has 0 bridgehead atoms. The molecule has 4 nitrogen and oxygen atoms in total. The van der Waals surface area contributed by atoms with Crippen LogP contribution in [0.4, 0.5) is 0 Å². The van der Waals surface area contributed by atoms with Crippen LogP contribution >= 0.6 is 0 Å². The van der Waals surface area contributed by atoms with Crippen molar-refractivity contribution in [1.29, 1.82) is 0 Å². The summed E-state index contributed by atoms with van der Waals surface area (Å²) in [5.41, 5.74) is 9.35. The van der Waals surface area contributed by atoms with Gasteiger partial charge in [-0.3, -0.25) is 4.79 Å². The normalized spacial score (nSPS) is 22.4. The topological polar surface area (TPSA) is 58.4 Å². The molecule has 0 radical (unpaired) electrons. The predicted octanol–water partition coefficient (Wildman–Crippen LogP) is 0.548. The Balaban J connectivity index is 1.82. The molecule has 1 aromatic rings. The standard InChI is InChI=1S/C15H21N3O/c16-9-14-10-17-6-7-18(14)15(19)13-5-4-11-2-1-3-12(11)8-13/h4-5,8,14,17H,1-3,6-7,9-10,16H2. The number of nitrogens with zero attached hydrogens (tertiary/aromatic N) is 1. The van der Waals surface area contributed by atoms with E-state index < -0.39 is 0 Å². The lowest BCUT2D eigenvalue weighted by Crippen LogP contribution is -2.56. The molecule has 1 atom stereocenters. The summed E-state index contributed by atoms with van der Waals surface area (Å²) in [6, 6.07) is 6.30. The zero-order valence-electron chi connectivity index (χ0n) is 11.2. The minimum Gasteiger partial charge on any atom is -0.332 e. The zero-order chi connectivity index (χ0) is 13.2. The van der Waals surface area contributed by atoms with Gasteiger partial charge >= 0.3 is 0 Å². The smallest absolute Gasteiger partial charge is 0.254 e. The van der Waals surface area contributed by atoms with Gasteiger partial charge in [-0.1, -0.05) is 6.07 Å². The highest BCUT2D eigenvalue weighted by atomic mass is 16.2. The first-order valence-electron chi connectivity index (χ1n) is 7.13. The van der Waals surface area contributed by atoms with Crippen molar-refractivity contribution in [2.24, 2.45) is 5.73 Å². The molecule has 102 valence electrons. The number of amides is 1. The van der Waals surface area contributed by atoms with Crippen LogP contribution in [-0.2, 0) is 12.8 Å². The third-order valence-electron chi connectivity index (χ3n) is 4.23. The molecule has 1 amide bonds. The quantitative estimate of drug-likeness (QED) is 0.815. The number of carbonyl (C=O) groups excluding carboxylic acids is 1. The minimum atomic E-state index is 0.120. The third kappa shape index (κ3) is 2.38. The molecule has 3 rings (SSSR count). The summed E-state index contributed by atoms with van der Waals surface area (Å²) >= 11 is 0. The summed E-state index contributed by atoms with van der Waals surface area (Å²) in [7, 11) is 0. The van der Waals surface area contributed by atoms with Gasteiger partial charge in [-0.25, -0.2) is 0 Å². The van der Waals surface area contributed by atoms with Crippen molar-refractivity contribution in [3.05, 3.63) is 34.9 Å². The number of hydrogen-bond donors (Lipinski definition) is 2. The van der Waals surface area contributed by atoms with Gasteiger partial charge in [0.2, 0.25) is 0 Å². The Labute approximate surface area is 114 Å². The molecule has 1 aliphatic carbocycles. The average molecular weight is 259 g/mol. The van der Waals surface area contributed by atoms with E-state index in [1.54, 1.807) is 0 Å². The lowest BCUT2D eigenvalue weighted by Gasteiger charge is -2.35. The molecule has 1 unspecified atom stereocenters. The fourth-order valence-electron chi connectivity index (χ4n) is 3.11. The second-order valence-corrected chi connectivity index (χ2v) is 5.43. The highest BCUT2D eigenvalue weighted by Gasteiger charge is 2.26. The number of fused-ring (bicyclic) bond motifs is 1. The Morgan fingerprint density at radius 2 is 2.21 bits per heavy atom. The number of nitrogens with two attached hydrogens (primary N) is 1. The Kier molecular flexibility index (Phi) is 3.53. The zero-order valence-corrected chi connectivity index (χ0v) is 11.2. The van der Waals surface area contributed by atoms with E-state index in [9.17, 15) is 4.79 Å². The molecular formula is C15H21N3O. The maximum atomic E-state index is 12.6. The molecule has 0 aromatic heterocycles. The van der Waals surface area contributed by atoms with E-state index in [1.807, 2.05) is 11.0 Å². The molecule has 3 N–H and O–H groups in total. The van der Waals surface area contributed by atoms with Crippen molar-refractivity contribution in [3.8, 4) is 0 Å². The minimum absolute atomic E-state index is 0.120. The van der Waals surface area contributed by atoms with E-state index >= 15 is 0 Å². The average Bonchev–Trinajstić information content (AvgIpc) is 2.93. The largest absolute Gasteiger partial charge is 0.332 e. The third-order valence-corrected chi connectivity index (χ3v) is 4.23. The molecule has 1 heterocycles. The fraction of sp³-hybridized carbons (Fsp3) is 0.533. The van der Waals surface area contributed by atoms with Gasteiger partial charge < -0.3 is 16.0 Å². The number of rotatable bonds is 2. The van der Waals surface area contributed by atoms with Crippen LogP contribution in [-0.4, -0.2) is 43.0 Å². The van der Waals surface area contributed by atoms with Crippen LogP contribution in [0.2, 0.25) is 0 Å². The van der Waals surface area contributed by atoms with Crippen LogP contribution in [0.3, 0.4) is 0 Å². The van der Waals surface area contributed by atoms with Crippen LogP contribution < -0.4 is 11.1 Å². The molecule has 1 saturated heterocycles. The summed E-state index contributed by atoms with van der Waals surface area (Å²) in [6.07, 6.45) is 3.48. The Bertz CT molecular complexity index is 486. The fourth-order valence-corrected chi connectivity index (χ4v) is 3.11. The number of nitrogens with one attached hydrogen (secondary N) is 1. The summed E-state index contributed by atoms with van der Waals surface area (Å²) in [4.78, 5) is 14.5. The molecule has 2 aliphatic rings. The van der Waals surface area contributed by atoms with Gasteiger partial charge in [0.15, 0.2) is 0 Å². The molecule has 0 spiro atoms. The predicted molar refractivity (Wildman–Crippen MR) is 75.2 cm³/mol. The van der Waals surface area contributed by atoms with Crippen LogP contribution in [0, 0.1) is 0 Å². The van der Waals surface area contributed by atoms with Gasteiger partial charge in [0.25, 0.3) is 5.91 Å². The van der Waals surface area contributed by atoms with Crippen molar-refractivity contribution < 1.29 is 4.79 Å². The van der Waals surface area contributed by atoms with Gasteiger partial charge in [-0.05, 0) is 42.5 Å². The maximum absolute atomic E-state index is 12.6. The lowest BCUT2D eigenvalue weighted by atomic mass is 10.0. The van der Waals surface area contributed by atoms with Gasteiger partial charge in [0, 0.05) is 31.7 Å². The van der Waals surface area contributed by atoms with Crippen molar-refractivity contribution >= 4 is 5.91 Å². The van der Waals surface area contributed by atoms with Crippen LogP contribution in [0.15, 0.2) is 18.2 Å². The van der Waals surface area contributed by atoms with E-state index in [0.717, 1.165) is 38.0 Å². The van der Waals surface area contributed by atoms with Crippen LogP contribution in [0.25, 0.3) is 0 Å². The summed E-state index contributed by atoms with van der Waals surface area (Å²) in [5, 5.41) is 3.29. The van der Waals surface area contributed by atoms with Crippen molar-refractivity contribution in [2.75, 3.05) is 26.2 Å². The van der Waals surface area contributed by atoms with E-state index in [4.69, 9.17) is 5.73 Å². The van der Waals surface area contributed by atoms with Gasteiger partial charge in [-0.15, -0.1) is 0 Å². The van der Waals surface area contributed by atoms with E-state index in [2.05, 4.69) is 17.4 Å². The molecule has 1 fully saturated rings. The number of benzene rings is 1. The molecule has 0 saturated carbocycles. The van der Waals surface area contributed by atoms with Gasteiger partial charge in [0.05, 0.1) is 6.04 Å². The summed E-state index contributed by atoms with van der Waals surface area (Å²) in [5.74, 6) is 0.131. The monoisotopic (exact) mass is 259 g/mol. The lowest BCUT2D eigenvalue weighted by molar-refractivity contribution is 0.0644. The van der Waals surface area contributed by atoms with E-state index in [-0.39, 0.29) is 11.9 Å². The number of hydrogen-bond acceptors (Lipinski definition) is 3. The van der Waals surface area contributed by atoms with Gasteiger partial charge in [0.1, 0.15) is 0 Å². The SMILES string of the molecule is NCC1CNCCN1C(=O)c1ccc2c(c1)CCC2. The molecule has 1 aliphatic heterocycles. The number of carbonyl (C=O) groups is 1. The van der Waals surface area contributed by atoms with E-state index in [1.165, 1.54) is 17.5 Å². The maximum Gasteiger partial charge on any atom is 0.254 e. The highest BCUT2D eigenvalue weighted by Crippen LogP contribution is 2.23. The van der Waals surface area contributed by atoms with Crippen LogP contribution in [0.5, 0.6) is 0 Å². The Morgan fingerprint density at radius 1 is 1.37 bits per heavy atom. The summed E-state index contributed by atoms with van der Waals surface area (Å²) < 4.78 is 0. The number of aryl methyl sites for hydroxylation is 2. The second kappa shape index (κ2) is 5.31. The van der Waals surface area contributed by atoms with Crippen molar-refractivity contribution in [2.45, 2.75) is 25.3 Å². The van der Waals surface area contributed by atoms with Crippen molar-refractivity contribution in [1.82, 2.24) is 10.2 Å². The van der Waals surface area contributed by atoms with E-state index in [0.29, 0.717) is 6.54 Å². The summed E-state index contributed by atoms with van der Waals surface area (Å²) in [6.45, 7) is 2.92. The molecule has 4 heteroatoms. The first kappa shape index (κ1) is 12.6. The highest BCUT2D eigenvalue weighted by molar-refractivity contribution is 5.95. The number of piperazine rings is 1. The van der Waals surface area contributed by atoms with Gasteiger partial charge in [-0.2, -0.15) is 0 Å². The van der Waals surface area contributed by atoms with Crippen LogP contribution in [0.1, 0.15) is 27.9 Å². The molecule has 1 aromatic carbocycles. The molecular weight excluding hydrogens is 238 g/mol. The first-order valence-corrected chi connectivity index (χ1v) is 7.13. The Hall–Kier alpha value is -1.39. The van der Waals surface area contributed by atoms with Crippen molar-refractivity contribution in [3.63, 3.8) is 0 Å². The second-order valence-electron chi connectivity index (χ2n) is 5.43. The first-order chi connectivity index (χ1) is 9.29. The Morgan fingerprint density at radius 3 is 3.05 bits per heavy atom.